The van der Waals surface area contributed by atoms with Gasteiger partial charge in [-0.3, -0.25) is 0 Å². The van der Waals surface area contributed by atoms with Crippen molar-refractivity contribution < 1.29 is 4.43 Å². The first-order valence-electron chi connectivity index (χ1n) is 12.7. The largest absolute Gasteiger partial charge is 0.416 e. The third-order valence-electron chi connectivity index (χ3n) is 7.49. The highest BCUT2D eigenvalue weighted by Crippen LogP contribution is 2.42. The minimum absolute atomic E-state index is 0.309. The maximum absolute atomic E-state index is 6.72. The summed E-state index contributed by atoms with van der Waals surface area (Å²) >= 11 is 0. The third-order valence-corrected chi connectivity index (χ3v) is 13.6. The second-order valence-electron chi connectivity index (χ2n) is 11.5. The third kappa shape index (κ3) is 7.89. The van der Waals surface area contributed by atoms with E-state index in [0.717, 1.165) is 13.0 Å². The summed E-state index contributed by atoms with van der Waals surface area (Å²) in [6, 6.07) is 0. The molecule has 0 aromatic rings. The second-order valence-corrected chi connectivity index (χ2v) is 17.0. The normalized spacial score (nSPS) is 19.6. The molecule has 2 heteroatoms. The summed E-state index contributed by atoms with van der Waals surface area (Å²) in [4.78, 5) is 0. The molecule has 178 valence electrons. The molecule has 1 rings (SSSR count). The van der Waals surface area contributed by atoms with Crippen molar-refractivity contribution in [3.8, 4) is 0 Å². The highest BCUT2D eigenvalue weighted by atomic mass is 28.4. The molecule has 0 aromatic heterocycles. The van der Waals surface area contributed by atoms with Gasteiger partial charge in [0, 0.05) is 6.61 Å². The van der Waals surface area contributed by atoms with E-state index in [9.17, 15) is 0 Å². The number of allylic oxidation sites excluding steroid dienone is 8. The summed E-state index contributed by atoms with van der Waals surface area (Å²) in [6.45, 7) is 26.6. The topological polar surface area (TPSA) is 9.23 Å². The molecule has 0 aromatic carbocycles. The van der Waals surface area contributed by atoms with E-state index in [1.54, 1.807) is 5.57 Å². The fourth-order valence-corrected chi connectivity index (χ4v) is 11.2. The van der Waals surface area contributed by atoms with Crippen LogP contribution in [0.25, 0.3) is 0 Å². The summed E-state index contributed by atoms with van der Waals surface area (Å²) in [6.07, 6.45) is 16.4. The van der Waals surface area contributed by atoms with Crippen molar-refractivity contribution in [1.82, 2.24) is 0 Å². The molecule has 1 unspecified atom stereocenters. The molecule has 1 aliphatic rings. The molecule has 0 bridgehead atoms. The zero-order chi connectivity index (χ0) is 23.8. The highest BCUT2D eigenvalue weighted by molar-refractivity contribution is 6.77. The van der Waals surface area contributed by atoms with E-state index in [1.165, 1.54) is 30.4 Å². The summed E-state index contributed by atoms with van der Waals surface area (Å²) in [5.74, 6) is 0.536. The Morgan fingerprint density at radius 3 is 2.13 bits per heavy atom. The van der Waals surface area contributed by atoms with Gasteiger partial charge in [-0.1, -0.05) is 104 Å². The molecule has 0 spiro atoms. The Balaban J connectivity index is 2.65. The van der Waals surface area contributed by atoms with Crippen molar-refractivity contribution in [1.29, 1.82) is 0 Å². The van der Waals surface area contributed by atoms with Gasteiger partial charge in [0.05, 0.1) is 0 Å². The smallest absolute Gasteiger partial charge is 0.200 e. The first kappa shape index (κ1) is 28.2. The van der Waals surface area contributed by atoms with Crippen LogP contribution >= 0.6 is 0 Å². The molecule has 0 saturated heterocycles. The molecular weight excluding hydrogens is 392 g/mol. The molecular formula is C29H52OSi. The lowest BCUT2D eigenvalue weighted by atomic mass is 9.72. The van der Waals surface area contributed by atoms with Crippen LogP contribution in [-0.2, 0) is 4.43 Å². The minimum atomic E-state index is -1.74. The zero-order valence-corrected chi connectivity index (χ0v) is 23.6. The van der Waals surface area contributed by atoms with E-state index >= 15 is 0 Å². The Morgan fingerprint density at radius 2 is 1.61 bits per heavy atom. The number of rotatable bonds is 11. The monoisotopic (exact) mass is 444 g/mol. The van der Waals surface area contributed by atoms with Crippen LogP contribution in [0.4, 0.5) is 0 Å². The molecule has 0 radical (unpaired) electrons. The van der Waals surface area contributed by atoms with E-state index < -0.39 is 8.32 Å². The standard InChI is InChI=1S/C29H52OSi/c1-22(2)31(23(3)4,24(5)6)30-21-19-26(8)15-12-14-25(7)17-18-28-27(9)16-13-20-29(28,10)11/h12,14-15,17-18,22-24,26H,13,16,19-21H2,1-11H3/b15-12+,18-17+,25-14-. The quantitative estimate of drug-likeness (QED) is 0.227. The molecule has 1 atom stereocenters. The Morgan fingerprint density at radius 1 is 1.03 bits per heavy atom. The first-order chi connectivity index (χ1) is 14.3. The van der Waals surface area contributed by atoms with Crippen LogP contribution in [0, 0.1) is 11.3 Å². The predicted molar refractivity (Wildman–Crippen MR) is 143 cm³/mol. The van der Waals surface area contributed by atoms with Gasteiger partial charge in [0.2, 0.25) is 0 Å². The van der Waals surface area contributed by atoms with Crippen molar-refractivity contribution in [2.45, 2.75) is 118 Å². The molecule has 0 amide bonds. The summed E-state index contributed by atoms with van der Waals surface area (Å²) < 4.78 is 6.72. The van der Waals surface area contributed by atoms with Crippen LogP contribution in [0.1, 0.15) is 102 Å². The molecule has 31 heavy (non-hydrogen) atoms. The lowest BCUT2D eigenvalue weighted by molar-refractivity contribution is 0.260. The van der Waals surface area contributed by atoms with E-state index in [-0.39, 0.29) is 0 Å². The van der Waals surface area contributed by atoms with E-state index in [2.05, 4.69) is 107 Å². The van der Waals surface area contributed by atoms with Crippen LogP contribution in [0.3, 0.4) is 0 Å². The van der Waals surface area contributed by atoms with Gasteiger partial charge >= 0.3 is 0 Å². The van der Waals surface area contributed by atoms with Gasteiger partial charge < -0.3 is 4.43 Å². The van der Waals surface area contributed by atoms with Gasteiger partial charge in [0.15, 0.2) is 8.32 Å². The highest BCUT2D eigenvalue weighted by Gasteiger charge is 2.44. The van der Waals surface area contributed by atoms with Crippen molar-refractivity contribution >= 4 is 8.32 Å². The summed E-state index contributed by atoms with van der Waals surface area (Å²) in [5.41, 5.74) is 6.69. The van der Waals surface area contributed by atoms with Crippen molar-refractivity contribution in [3.63, 3.8) is 0 Å². The molecule has 0 heterocycles. The van der Waals surface area contributed by atoms with Gasteiger partial charge in [-0.15, -0.1) is 0 Å². The molecule has 0 saturated carbocycles. The van der Waals surface area contributed by atoms with Crippen LogP contribution in [0.2, 0.25) is 16.6 Å². The Hall–Kier alpha value is -0.863. The average Bonchev–Trinajstić information content (AvgIpc) is 2.63. The second kappa shape index (κ2) is 12.4. The van der Waals surface area contributed by atoms with Gasteiger partial charge in [-0.05, 0) is 73.1 Å². The Labute approximate surface area is 196 Å². The molecule has 1 aliphatic carbocycles. The maximum atomic E-state index is 6.72. The van der Waals surface area contributed by atoms with Crippen molar-refractivity contribution in [2.24, 2.45) is 11.3 Å². The number of hydrogen-bond acceptors (Lipinski definition) is 1. The lowest BCUT2D eigenvalue weighted by Gasteiger charge is -2.42. The average molecular weight is 445 g/mol. The predicted octanol–water partition coefficient (Wildman–Crippen LogP) is 9.79. The molecule has 1 nitrogen and oxygen atoms in total. The van der Waals surface area contributed by atoms with Gasteiger partial charge in [0.25, 0.3) is 0 Å². The van der Waals surface area contributed by atoms with Crippen LogP contribution in [0.5, 0.6) is 0 Å². The van der Waals surface area contributed by atoms with Crippen LogP contribution in [0.15, 0.2) is 47.1 Å². The fraction of sp³-hybridized carbons (Fsp3) is 0.724. The fourth-order valence-electron chi connectivity index (χ4n) is 5.70. The molecule has 0 fully saturated rings. The Bertz CT molecular complexity index is 651. The SMILES string of the molecule is CC1=C(/C=C/C(C)=C\C=C\C(C)CCO[Si](C(C)C)(C(C)C)C(C)C)C(C)(C)CCC1. The van der Waals surface area contributed by atoms with E-state index in [1.807, 2.05) is 0 Å². The van der Waals surface area contributed by atoms with Gasteiger partial charge in [0.1, 0.15) is 0 Å². The molecule has 0 aliphatic heterocycles. The van der Waals surface area contributed by atoms with Crippen molar-refractivity contribution in [2.75, 3.05) is 6.61 Å². The van der Waals surface area contributed by atoms with E-state index in [4.69, 9.17) is 4.43 Å². The molecule has 0 N–H and O–H groups in total. The summed E-state index contributed by atoms with van der Waals surface area (Å²) in [7, 11) is -1.74. The lowest BCUT2D eigenvalue weighted by Crippen LogP contribution is -2.48. The van der Waals surface area contributed by atoms with Gasteiger partial charge in [-0.25, -0.2) is 0 Å². The number of hydrogen-bond donors (Lipinski definition) is 0. The minimum Gasteiger partial charge on any atom is -0.416 e. The van der Waals surface area contributed by atoms with Crippen LogP contribution in [-0.4, -0.2) is 14.9 Å². The Kier molecular flexibility index (Phi) is 11.3. The van der Waals surface area contributed by atoms with Crippen molar-refractivity contribution in [3.05, 3.63) is 47.1 Å². The van der Waals surface area contributed by atoms with Crippen LogP contribution < -0.4 is 0 Å². The summed E-state index contributed by atoms with van der Waals surface area (Å²) in [5, 5.41) is 0. The first-order valence-corrected chi connectivity index (χ1v) is 14.9. The van der Waals surface area contributed by atoms with Gasteiger partial charge in [-0.2, -0.15) is 0 Å². The van der Waals surface area contributed by atoms with E-state index in [0.29, 0.717) is 28.0 Å². The zero-order valence-electron chi connectivity index (χ0n) is 22.6. The maximum Gasteiger partial charge on any atom is 0.200 e.